The van der Waals surface area contributed by atoms with Gasteiger partial charge in [-0.3, -0.25) is 9.80 Å². The van der Waals surface area contributed by atoms with Gasteiger partial charge in [-0.25, -0.2) is 10.4 Å². The second-order valence-corrected chi connectivity index (χ2v) is 9.70. The number of fused-ring (bicyclic) bond motifs is 1. The van der Waals surface area contributed by atoms with E-state index in [1.165, 1.54) is 22.5 Å². The van der Waals surface area contributed by atoms with Crippen LogP contribution in [0, 0.1) is 0 Å². The molecule has 7 nitrogen and oxygen atoms in total. The number of allylic oxidation sites excluding steroid dienone is 1. The molecule has 0 unspecified atom stereocenters. The van der Waals surface area contributed by atoms with Gasteiger partial charge in [0.2, 0.25) is 0 Å². The monoisotopic (exact) mass is 520 g/mol. The number of nitrogens with zero attached hydrogens (tertiary/aromatic N) is 3. The summed E-state index contributed by atoms with van der Waals surface area (Å²) >= 11 is 0. The summed E-state index contributed by atoms with van der Waals surface area (Å²) in [6.07, 6.45) is 6.40. The van der Waals surface area contributed by atoms with E-state index in [4.69, 9.17) is 0 Å². The van der Waals surface area contributed by atoms with Gasteiger partial charge in [0.05, 0.1) is 0 Å². The fourth-order valence-corrected chi connectivity index (χ4v) is 4.90. The molecular weight excluding hydrogens is 484 g/mol. The summed E-state index contributed by atoms with van der Waals surface area (Å²) in [5, 5.41) is 8.39. The van der Waals surface area contributed by atoms with Crippen LogP contribution in [-0.4, -0.2) is 56.8 Å². The SMILES string of the molecule is CNc1cccc(N2CCNCC2)c1.O=CC1=NC2=C(c3ccc(CCc4ccccc4)cc3)CNN2C=C1. The lowest BCUT2D eigenvalue weighted by Gasteiger charge is -2.29. The molecule has 3 aromatic rings. The number of hydrogen-bond donors (Lipinski definition) is 3. The van der Waals surface area contributed by atoms with Gasteiger partial charge in [-0.05, 0) is 53.8 Å². The number of aryl methyl sites for hydroxylation is 2. The van der Waals surface area contributed by atoms with E-state index in [1.54, 1.807) is 6.08 Å². The number of hydrogen-bond acceptors (Lipinski definition) is 7. The molecule has 0 saturated carbocycles. The summed E-state index contributed by atoms with van der Waals surface area (Å²) in [6, 6.07) is 27.7. The minimum atomic E-state index is 0.451. The second-order valence-electron chi connectivity index (χ2n) is 9.70. The molecule has 39 heavy (non-hydrogen) atoms. The van der Waals surface area contributed by atoms with Crippen molar-refractivity contribution in [3.05, 3.63) is 114 Å². The van der Waals surface area contributed by atoms with E-state index in [-0.39, 0.29) is 0 Å². The highest BCUT2D eigenvalue weighted by Gasteiger charge is 2.24. The summed E-state index contributed by atoms with van der Waals surface area (Å²) in [5.74, 6) is 0.807. The molecule has 3 heterocycles. The van der Waals surface area contributed by atoms with E-state index < -0.39 is 0 Å². The summed E-state index contributed by atoms with van der Waals surface area (Å²) in [7, 11) is 1.96. The zero-order valence-electron chi connectivity index (χ0n) is 22.4. The number of carbonyl (C=O) groups is 1. The Balaban J connectivity index is 0.000000186. The first-order valence-corrected chi connectivity index (χ1v) is 13.6. The number of hydrazine groups is 1. The Labute approximate surface area is 230 Å². The van der Waals surface area contributed by atoms with E-state index in [2.05, 4.69) is 98.7 Å². The predicted molar refractivity (Wildman–Crippen MR) is 161 cm³/mol. The molecule has 3 aliphatic heterocycles. The number of aldehydes is 1. The van der Waals surface area contributed by atoms with Gasteiger partial charge in [-0.1, -0.05) is 60.7 Å². The lowest BCUT2D eigenvalue weighted by atomic mass is 10.0. The van der Waals surface area contributed by atoms with Gasteiger partial charge in [0.1, 0.15) is 5.71 Å². The van der Waals surface area contributed by atoms with Crippen molar-refractivity contribution in [2.45, 2.75) is 12.8 Å². The van der Waals surface area contributed by atoms with Crippen LogP contribution in [0.4, 0.5) is 11.4 Å². The van der Waals surface area contributed by atoms with E-state index in [0.29, 0.717) is 12.3 Å². The van der Waals surface area contributed by atoms with E-state index in [1.807, 2.05) is 24.3 Å². The minimum absolute atomic E-state index is 0.451. The highest BCUT2D eigenvalue weighted by Crippen LogP contribution is 2.28. The molecular formula is C32H36N6O. The molecule has 0 aromatic heterocycles. The molecule has 3 N–H and O–H groups in total. The maximum atomic E-state index is 11.0. The Morgan fingerprint density at radius 3 is 2.38 bits per heavy atom. The van der Waals surface area contributed by atoms with Crippen LogP contribution in [-0.2, 0) is 17.6 Å². The topological polar surface area (TPSA) is 72.0 Å². The van der Waals surface area contributed by atoms with Crippen molar-refractivity contribution in [2.75, 3.05) is 50.0 Å². The summed E-state index contributed by atoms with van der Waals surface area (Å²) < 4.78 is 0. The second kappa shape index (κ2) is 13.0. The molecule has 0 aliphatic carbocycles. The Morgan fingerprint density at radius 2 is 1.67 bits per heavy atom. The van der Waals surface area contributed by atoms with E-state index in [0.717, 1.165) is 62.3 Å². The largest absolute Gasteiger partial charge is 0.388 e. The molecule has 3 aromatic carbocycles. The normalized spacial score (nSPS) is 16.3. The maximum Gasteiger partial charge on any atom is 0.168 e. The molecule has 0 amide bonds. The van der Waals surface area contributed by atoms with Crippen LogP contribution >= 0.6 is 0 Å². The maximum absolute atomic E-state index is 11.0. The van der Waals surface area contributed by atoms with Gasteiger partial charge < -0.3 is 15.5 Å². The third kappa shape index (κ3) is 6.82. The van der Waals surface area contributed by atoms with Crippen molar-refractivity contribution in [3.8, 4) is 0 Å². The van der Waals surface area contributed by atoms with Crippen LogP contribution in [0.1, 0.15) is 16.7 Å². The third-order valence-corrected chi connectivity index (χ3v) is 7.14. The fourth-order valence-electron chi connectivity index (χ4n) is 4.90. The molecule has 0 spiro atoms. The van der Waals surface area contributed by atoms with Crippen molar-refractivity contribution in [1.82, 2.24) is 15.8 Å². The highest BCUT2D eigenvalue weighted by atomic mass is 16.1. The van der Waals surface area contributed by atoms with Gasteiger partial charge in [0.25, 0.3) is 0 Å². The Morgan fingerprint density at radius 1 is 0.923 bits per heavy atom. The van der Waals surface area contributed by atoms with Crippen LogP contribution in [0.15, 0.2) is 102 Å². The van der Waals surface area contributed by atoms with E-state index in [9.17, 15) is 4.79 Å². The molecule has 0 bridgehead atoms. The fraction of sp³-hybridized carbons (Fsp3) is 0.250. The van der Waals surface area contributed by atoms with Crippen molar-refractivity contribution in [3.63, 3.8) is 0 Å². The number of rotatable bonds is 7. The van der Waals surface area contributed by atoms with E-state index >= 15 is 0 Å². The van der Waals surface area contributed by atoms with Crippen LogP contribution in [0.3, 0.4) is 0 Å². The molecule has 0 atom stereocenters. The average molecular weight is 521 g/mol. The van der Waals surface area contributed by atoms with Crippen LogP contribution in [0.25, 0.3) is 5.57 Å². The van der Waals surface area contributed by atoms with Gasteiger partial charge in [0.15, 0.2) is 12.1 Å². The van der Waals surface area contributed by atoms with Crippen LogP contribution in [0.5, 0.6) is 0 Å². The van der Waals surface area contributed by atoms with Gasteiger partial charge in [-0.15, -0.1) is 0 Å². The molecule has 200 valence electrons. The Bertz CT molecular complexity index is 1340. The minimum Gasteiger partial charge on any atom is -0.388 e. The molecule has 3 aliphatic rings. The van der Waals surface area contributed by atoms with Gasteiger partial charge >= 0.3 is 0 Å². The third-order valence-electron chi connectivity index (χ3n) is 7.14. The van der Waals surface area contributed by atoms with Crippen molar-refractivity contribution >= 4 is 28.9 Å². The van der Waals surface area contributed by atoms with Crippen molar-refractivity contribution in [1.29, 1.82) is 0 Å². The summed E-state index contributed by atoms with van der Waals surface area (Å²) in [5.41, 5.74) is 11.1. The average Bonchev–Trinajstić information content (AvgIpc) is 3.45. The van der Waals surface area contributed by atoms with Gasteiger partial charge in [0, 0.05) is 62.9 Å². The van der Waals surface area contributed by atoms with Crippen molar-refractivity contribution in [2.24, 2.45) is 4.99 Å². The number of piperazine rings is 1. The lowest BCUT2D eigenvalue weighted by Crippen LogP contribution is -2.43. The van der Waals surface area contributed by atoms with Crippen LogP contribution < -0.4 is 21.0 Å². The molecule has 1 fully saturated rings. The molecule has 0 radical (unpaired) electrons. The first kappa shape index (κ1) is 26.4. The number of benzene rings is 3. The number of carbonyl (C=O) groups excluding carboxylic acids is 1. The quantitative estimate of drug-likeness (QED) is 0.405. The zero-order valence-corrected chi connectivity index (χ0v) is 22.4. The zero-order chi connectivity index (χ0) is 26.9. The summed E-state index contributed by atoms with van der Waals surface area (Å²) in [4.78, 5) is 17.8. The Kier molecular flexibility index (Phi) is 8.83. The first-order valence-electron chi connectivity index (χ1n) is 13.6. The van der Waals surface area contributed by atoms with Crippen molar-refractivity contribution < 1.29 is 4.79 Å². The smallest absolute Gasteiger partial charge is 0.168 e. The van der Waals surface area contributed by atoms with Crippen LogP contribution in [0.2, 0.25) is 0 Å². The number of nitrogens with one attached hydrogen (secondary N) is 3. The summed E-state index contributed by atoms with van der Waals surface area (Å²) in [6.45, 7) is 5.09. The Hall–Kier alpha value is -4.20. The molecule has 7 heteroatoms. The highest BCUT2D eigenvalue weighted by molar-refractivity contribution is 6.34. The molecule has 6 rings (SSSR count). The number of anilines is 2. The molecule has 1 saturated heterocycles. The first-order chi connectivity index (χ1) is 19.2. The standard InChI is InChI=1S/C21H19N3O.C11H17N3/c25-15-19-12-13-24-21(23-19)20(14-22-24)18-10-8-17(9-11-18)7-6-16-4-2-1-3-5-16;1-12-10-3-2-4-11(9-10)14-7-5-13-6-8-14/h1-5,8-13,15,22H,6-7,14H2;2-4,9,12-13H,5-8H2,1H3. The number of aliphatic imine (C=N–C) groups is 1. The van der Waals surface area contributed by atoms with Gasteiger partial charge in [-0.2, -0.15) is 0 Å². The lowest BCUT2D eigenvalue weighted by molar-refractivity contribution is -0.102. The predicted octanol–water partition coefficient (Wildman–Crippen LogP) is 4.27.